The molecule has 1 rings (SSSR count). The number of benzene rings is 1. The number of nitrogens with one attached hydrogen (secondary N) is 1. The highest BCUT2D eigenvalue weighted by atomic mass is 32.2. The average Bonchev–Trinajstić information content (AvgIpc) is 2.36. The Kier molecular flexibility index (Phi) is 5.15. The van der Waals surface area contributed by atoms with Crippen LogP contribution in [0.1, 0.15) is 12.5 Å². The molecule has 0 spiro atoms. The van der Waals surface area contributed by atoms with E-state index in [-0.39, 0.29) is 17.8 Å². The van der Waals surface area contributed by atoms with E-state index in [4.69, 9.17) is 5.26 Å². The minimum atomic E-state index is -0.909. The molecule has 102 valence electrons. The third kappa shape index (κ3) is 4.43. The van der Waals surface area contributed by atoms with E-state index in [9.17, 15) is 15.2 Å². The third-order valence-electron chi connectivity index (χ3n) is 2.45. The summed E-state index contributed by atoms with van der Waals surface area (Å²) < 4.78 is 0. The second kappa shape index (κ2) is 6.41. The van der Waals surface area contributed by atoms with Crippen molar-refractivity contribution < 1.29 is 10.0 Å². The van der Waals surface area contributed by atoms with Gasteiger partial charge >= 0.3 is 0 Å². The molecule has 0 aromatic heterocycles. The quantitative estimate of drug-likeness (QED) is 0.611. The molecule has 0 saturated heterocycles. The highest BCUT2D eigenvalue weighted by Gasteiger charge is 2.20. The maximum Gasteiger partial charge on any atom is 0.270 e. The first-order valence-electron chi connectivity index (χ1n) is 5.53. The fraction of sp³-hybridized carbons (Fsp3) is 0.417. The Morgan fingerprint density at radius 3 is 2.84 bits per heavy atom. The van der Waals surface area contributed by atoms with Crippen molar-refractivity contribution in [2.24, 2.45) is 0 Å². The van der Waals surface area contributed by atoms with Gasteiger partial charge < -0.3 is 10.4 Å². The summed E-state index contributed by atoms with van der Waals surface area (Å²) in [5, 5.41) is 32.5. The van der Waals surface area contributed by atoms with Crippen molar-refractivity contribution in [1.29, 1.82) is 5.26 Å². The highest BCUT2D eigenvalue weighted by molar-refractivity contribution is 7.98. The predicted molar refractivity (Wildman–Crippen MR) is 75.3 cm³/mol. The molecule has 0 unspecified atom stereocenters. The van der Waals surface area contributed by atoms with Crippen molar-refractivity contribution >= 4 is 23.1 Å². The SMILES string of the molecule is CSC[C@](C)(O)CNc1ccc([N+](=O)[O-])cc1C#N. The number of non-ortho nitro benzene ring substituents is 1. The summed E-state index contributed by atoms with van der Waals surface area (Å²) in [6.45, 7) is 1.95. The van der Waals surface area contributed by atoms with Crippen LogP contribution in [-0.2, 0) is 0 Å². The van der Waals surface area contributed by atoms with E-state index >= 15 is 0 Å². The van der Waals surface area contributed by atoms with E-state index in [1.807, 2.05) is 12.3 Å². The third-order valence-corrected chi connectivity index (χ3v) is 3.36. The molecule has 0 aliphatic rings. The van der Waals surface area contributed by atoms with E-state index in [0.29, 0.717) is 11.4 Å². The lowest BCUT2D eigenvalue weighted by Gasteiger charge is -2.23. The van der Waals surface area contributed by atoms with E-state index in [1.165, 1.54) is 30.0 Å². The molecule has 0 aliphatic heterocycles. The van der Waals surface area contributed by atoms with Crippen LogP contribution in [0.4, 0.5) is 11.4 Å². The fourth-order valence-electron chi connectivity index (χ4n) is 1.54. The summed E-state index contributed by atoms with van der Waals surface area (Å²) in [5.41, 5.74) is -0.366. The monoisotopic (exact) mass is 281 g/mol. The van der Waals surface area contributed by atoms with Crippen LogP contribution in [0.2, 0.25) is 0 Å². The van der Waals surface area contributed by atoms with Gasteiger partial charge in [0, 0.05) is 24.4 Å². The Labute approximate surface area is 115 Å². The van der Waals surface area contributed by atoms with Crippen LogP contribution >= 0.6 is 11.8 Å². The molecule has 1 atom stereocenters. The van der Waals surface area contributed by atoms with Crippen LogP contribution in [0.5, 0.6) is 0 Å². The van der Waals surface area contributed by atoms with Gasteiger partial charge in [0.05, 0.1) is 21.8 Å². The highest BCUT2D eigenvalue weighted by Crippen LogP contribution is 2.22. The Morgan fingerprint density at radius 2 is 2.32 bits per heavy atom. The Hall–Kier alpha value is -1.78. The summed E-state index contributed by atoms with van der Waals surface area (Å²) >= 11 is 1.52. The molecule has 6 nitrogen and oxygen atoms in total. The van der Waals surface area contributed by atoms with Crippen LogP contribution in [0.15, 0.2) is 18.2 Å². The van der Waals surface area contributed by atoms with E-state index in [2.05, 4.69) is 5.32 Å². The zero-order chi connectivity index (χ0) is 14.5. The minimum Gasteiger partial charge on any atom is -0.387 e. The second-order valence-corrected chi connectivity index (χ2v) is 5.25. The molecule has 0 radical (unpaired) electrons. The smallest absolute Gasteiger partial charge is 0.270 e. The fourth-order valence-corrected chi connectivity index (χ4v) is 2.26. The van der Waals surface area contributed by atoms with Crippen molar-refractivity contribution in [3.05, 3.63) is 33.9 Å². The van der Waals surface area contributed by atoms with Gasteiger partial charge in [0.2, 0.25) is 0 Å². The van der Waals surface area contributed by atoms with Gasteiger partial charge in [-0.2, -0.15) is 17.0 Å². The first-order valence-corrected chi connectivity index (χ1v) is 6.93. The lowest BCUT2D eigenvalue weighted by atomic mass is 10.1. The number of rotatable bonds is 6. The molecule has 2 N–H and O–H groups in total. The van der Waals surface area contributed by atoms with Gasteiger partial charge in [-0.25, -0.2) is 0 Å². The van der Waals surface area contributed by atoms with Crippen molar-refractivity contribution in [3.63, 3.8) is 0 Å². The maximum atomic E-state index is 10.6. The molecule has 7 heteroatoms. The number of nitro benzene ring substituents is 1. The number of aliphatic hydroxyl groups is 1. The largest absolute Gasteiger partial charge is 0.387 e. The lowest BCUT2D eigenvalue weighted by Crippen LogP contribution is -2.36. The van der Waals surface area contributed by atoms with Crippen molar-refractivity contribution in [1.82, 2.24) is 0 Å². The van der Waals surface area contributed by atoms with Gasteiger partial charge in [-0.15, -0.1) is 0 Å². The molecule has 1 aromatic rings. The number of hydrogen-bond donors (Lipinski definition) is 2. The molecular formula is C12H15N3O3S. The van der Waals surface area contributed by atoms with Crippen molar-refractivity contribution in [3.8, 4) is 6.07 Å². The number of thioether (sulfide) groups is 1. The van der Waals surface area contributed by atoms with Gasteiger partial charge in [0.15, 0.2) is 0 Å². The van der Waals surface area contributed by atoms with Gasteiger partial charge in [0.1, 0.15) is 6.07 Å². The van der Waals surface area contributed by atoms with Crippen LogP contribution < -0.4 is 5.32 Å². The maximum absolute atomic E-state index is 10.6. The summed E-state index contributed by atoms with van der Waals surface area (Å²) in [7, 11) is 0. The second-order valence-electron chi connectivity index (χ2n) is 4.38. The number of hydrogen-bond acceptors (Lipinski definition) is 6. The summed E-state index contributed by atoms with van der Waals surface area (Å²) in [4.78, 5) is 10.1. The number of nitriles is 1. The van der Waals surface area contributed by atoms with Crippen molar-refractivity contribution in [2.45, 2.75) is 12.5 Å². The number of nitro groups is 1. The molecule has 1 aromatic carbocycles. The Bertz CT molecular complexity index is 511. The molecule has 0 aliphatic carbocycles. The molecule has 0 bridgehead atoms. The van der Waals surface area contributed by atoms with Crippen LogP contribution in [0, 0.1) is 21.4 Å². The van der Waals surface area contributed by atoms with E-state index in [1.54, 1.807) is 6.92 Å². The zero-order valence-corrected chi connectivity index (χ0v) is 11.5. The van der Waals surface area contributed by atoms with Crippen LogP contribution in [0.3, 0.4) is 0 Å². The normalized spacial score (nSPS) is 13.4. The molecule has 0 heterocycles. The summed E-state index contributed by atoms with van der Waals surface area (Å²) in [6.07, 6.45) is 1.89. The first-order chi connectivity index (χ1) is 8.89. The molecule has 0 saturated carbocycles. The first kappa shape index (κ1) is 15.3. The van der Waals surface area contributed by atoms with Gasteiger partial charge in [-0.3, -0.25) is 10.1 Å². The van der Waals surface area contributed by atoms with Crippen molar-refractivity contribution in [2.75, 3.05) is 23.9 Å². The average molecular weight is 281 g/mol. The Morgan fingerprint density at radius 1 is 1.63 bits per heavy atom. The van der Waals surface area contributed by atoms with E-state index in [0.717, 1.165) is 0 Å². The molecule has 19 heavy (non-hydrogen) atoms. The zero-order valence-electron chi connectivity index (χ0n) is 10.7. The van der Waals surface area contributed by atoms with Gasteiger partial charge in [-0.1, -0.05) is 0 Å². The number of anilines is 1. The molecule has 0 amide bonds. The van der Waals surface area contributed by atoms with Crippen LogP contribution in [-0.4, -0.2) is 34.2 Å². The number of nitrogens with zero attached hydrogens (tertiary/aromatic N) is 2. The van der Waals surface area contributed by atoms with Gasteiger partial charge in [-0.05, 0) is 19.2 Å². The summed E-state index contributed by atoms with van der Waals surface area (Å²) in [5.74, 6) is 0.550. The lowest BCUT2D eigenvalue weighted by molar-refractivity contribution is -0.384. The molecule has 0 fully saturated rings. The summed E-state index contributed by atoms with van der Waals surface area (Å²) in [6, 6.07) is 5.92. The Balaban J connectivity index is 2.85. The minimum absolute atomic E-state index is 0.127. The van der Waals surface area contributed by atoms with Crippen LogP contribution in [0.25, 0.3) is 0 Å². The molecular weight excluding hydrogens is 266 g/mol. The van der Waals surface area contributed by atoms with Gasteiger partial charge in [0.25, 0.3) is 5.69 Å². The predicted octanol–water partition coefficient (Wildman–Crippen LogP) is 1.99. The standard InChI is InChI=1S/C12H15N3O3S/c1-12(16,8-19-2)7-14-11-4-3-10(15(17)18)5-9(11)6-13/h3-5,14,16H,7-8H2,1-2H3/t12-/m1/s1. The van der Waals surface area contributed by atoms with E-state index < -0.39 is 10.5 Å². The topological polar surface area (TPSA) is 99.2 Å².